The van der Waals surface area contributed by atoms with E-state index in [0.717, 1.165) is 17.4 Å². The van der Waals surface area contributed by atoms with E-state index in [2.05, 4.69) is 9.71 Å². The van der Waals surface area contributed by atoms with E-state index < -0.39 is 20.7 Å². The molecule has 0 bridgehead atoms. The molecule has 1 aromatic heterocycles. The fourth-order valence-electron chi connectivity index (χ4n) is 1.25. The van der Waals surface area contributed by atoms with Crippen LogP contribution in [-0.2, 0) is 10.0 Å². The van der Waals surface area contributed by atoms with Gasteiger partial charge in [-0.05, 0) is 12.1 Å². The number of nitrogens with zero attached hydrogens (tertiary/aromatic N) is 1. The van der Waals surface area contributed by atoms with Gasteiger partial charge in [0.2, 0.25) is 0 Å². The van der Waals surface area contributed by atoms with Crippen molar-refractivity contribution in [1.82, 2.24) is 4.98 Å². The molecule has 3 N–H and O–H groups in total. The molecule has 0 spiro atoms. The standard InChI is InChI=1S/C9H8FN3O2S2/c10-6-2-1-3-7(11)8(6)17(14,15)13-9-12-4-5-16-9/h1-5H,11H2,(H,12,13). The highest BCUT2D eigenvalue weighted by Crippen LogP contribution is 2.24. The first-order valence-corrected chi connectivity index (χ1v) is 6.83. The zero-order chi connectivity index (χ0) is 12.5. The first kappa shape index (κ1) is 11.8. The van der Waals surface area contributed by atoms with Gasteiger partial charge < -0.3 is 5.73 Å². The van der Waals surface area contributed by atoms with Crippen LogP contribution in [0.4, 0.5) is 15.2 Å². The minimum atomic E-state index is -4.05. The average Bonchev–Trinajstić information content (AvgIpc) is 2.68. The molecule has 0 amide bonds. The Labute approximate surface area is 101 Å². The quantitative estimate of drug-likeness (QED) is 0.833. The van der Waals surface area contributed by atoms with Gasteiger partial charge in [-0.2, -0.15) is 0 Å². The Morgan fingerprint density at radius 1 is 1.41 bits per heavy atom. The Bertz CT molecular complexity index is 605. The van der Waals surface area contributed by atoms with Crippen molar-refractivity contribution in [1.29, 1.82) is 0 Å². The number of rotatable bonds is 3. The number of benzene rings is 1. The summed E-state index contributed by atoms with van der Waals surface area (Å²) in [5.41, 5.74) is 5.32. The Balaban J connectivity index is 2.45. The van der Waals surface area contributed by atoms with Crippen molar-refractivity contribution in [3.8, 4) is 0 Å². The minimum Gasteiger partial charge on any atom is -0.398 e. The Morgan fingerprint density at radius 3 is 2.76 bits per heavy atom. The van der Waals surface area contributed by atoms with Crippen LogP contribution >= 0.6 is 11.3 Å². The predicted molar refractivity (Wildman–Crippen MR) is 63.7 cm³/mol. The van der Waals surface area contributed by atoms with Gasteiger partial charge in [-0.15, -0.1) is 11.3 Å². The smallest absolute Gasteiger partial charge is 0.268 e. The van der Waals surface area contributed by atoms with Gasteiger partial charge in [-0.3, -0.25) is 4.72 Å². The number of hydrogen-bond donors (Lipinski definition) is 2. The van der Waals surface area contributed by atoms with Crippen LogP contribution in [0.25, 0.3) is 0 Å². The van der Waals surface area contributed by atoms with Crippen LogP contribution in [0.3, 0.4) is 0 Å². The minimum absolute atomic E-state index is 0.144. The number of aromatic nitrogens is 1. The first-order valence-electron chi connectivity index (χ1n) is 4.47. The van der Waals surface area contributed by atoms with Gasteiger partial charge in [0.15, 0.2) is 5.13 Å². The van der Waals surface area contributed by atoms with Gasteiger partial charge >= 0.3 is 0 Å². The fourth-order valence-corrected chi connectivity index (χ4v) is 3.23. The van der Waals surface area contributed by atoms with Crippen molar-refractivity contribution in [3.05, 3.63) is 35.6 Å². The summed E-state index contributed by atoms with van der Waals surface area (Å²) in [7, 11) is -4.05. The second kappa shape index (κ2) is 4.30. The summed E-state index contributed by atoms with van der Waals surface area (Å²) < 4.78 is 39.4. The summed E-state index contributed by atoms with van der Waals surface area (Å²) in [6.07, 6.45) is 1.44. The summed E-state index contributed by atoms with van der Waals surface area (Å²) in [5, 5.41) is 1.76. The number of hydrogen-bond acceptors (Lipinski definition) is 5. The Hall–Kier alpha value is -1.67. The summed E-state index contributed by atoms with van der Waals surface area (Å²) >= 11 is 1.09. The van der Waals surface area contributed by atoms with Crippen LogP contribution < -0.4 is 10.5 Å². The second-order valence-corrected chi connectivity index (χ2v) is 5.61. The molecule has 0 saturated carbocycles. The largest absolute Gasteiger partial charge is 0.398 e. The topological polar surface area (TPSA) is 85.1 Å². The van der Waals surface area contributed by atoms with E-state index in [1.165, 1.54) is 18.3 Å². The van der Waals surface area contributed by atoms with E-state index in [1.807, 2.05) is 0 Å². The highest BCUT2D eigenvalue weighted by Gasteiger charge is 2.22. The van der Waals surface area contributed by atoms with E-state index >= 15 is 0 Å². The van der Waals surface area contributed by atoms with Gasteiger partial charge in [0.1, 0.15) is 10.7 Å². The van der Waals surface area contributed by atoms with Crippen molar-refractivity contribution in [2.45, 2.75) is 4.90 Å². The SMILES string of the molecule is Nc1cccc(F)c1S(=O)(=O)Nc1nccs1. The summed E-state index contributed by atoms with van der Waals surface area (Å²) in [6, 6.07) is 3.69. The molecule has 0 unspecified atom stereocenters. The molecule has 0 atom stereocenters. The molecule has 1 aromatic carbocycles. The number of sulfonamides is 1. The highest BCUT2D eigenvalue weighted by atomic mass is 32.2. The van der Waals surface area contributed by atoms with Crippen LogP contribution in [0.5, 0.6) is 0 Å². The average molecular weight is 273 g/mol. The number of halogens is 1. The van der Waals surface area contributed by atoms with E-state index in [9.17, 15) is 12.8 Å². The lowest BCUT2D eigenvalue weighted by atomic mass is 10.3. The Morgan fingerprint density at radius 2 is 2.18 bits per heavy atom. The van der Waals surface area contributed by atoms with E-state index in [1.54, 1.807) is 5.38 Å². The molecular formula is C9H8FN3O2S2. The van der Waals surface area contributed by atoms with Crippen molar-refractivity contribution in [2.75, 3.05) is 10.5 Å². The third-order valence-electron chi connectivity index (χ3n) is 1.92. The zero-order valence-electron chi connectivity index (χ0n) is 8.42. The van der Waals surface area contributed by atoms with Gasteiger partial charge in [0, 0.05) is 11.6 Å². The summed E-state index contributed by atoms with van der Waals surface area (Å²) in [6.45, 7) is 0. The van der Waals surface area contributed by atoms with Gasteiger partial charge in [0.05, 0.1) is 5.69 Å². The molecule has 0 aliphatic heterocycles. The van der Waals surface area contributed by atoms with Gasteiger partial charge in [-0.25, -0.2) is 17.8 Å². The monoisotopic (exact) mass is 273 g/mol. The molecule has 0 radical (unpaired) electrons. The maximum Gasteiger partial charge on any atom is 0.268 e. The molecule has 0 fully saturated rings. The highest BCUT2D eigenvalue weighted by molar-refractivity contribution is 7.93. The lowest BCUT2D eigenvalue weighted by Gasteiger charge is -2.08. The summed E-state index contributed by atoms with van der Waals surface area (Å²) in [5.74, 6) is -0.894. The maximum absolute atomic E-state index is 13.5. The van der Waals surface area contributed by atoms with E-state index in [4.69, 9.17) is 5.73 Å². The molecule has 8 heteroatoms. The molecular weight excluding hydrogens is 265 g/mol. The molecule has 17 heavy (non-hydrogen) atoms. The molecule has 1 heterocycles. The van der Waals surface area contributed by atoms with Crippen LogP contribution in [-0.4, -0.2) is 13.4 Å². The molecule has 90 valence electrons. The predicted octanol–water partition coefficient (Wildman–Crippen LogP) is 1.67. The number of anilines is 2. The third-order valence-corrected chi connectivity index (χ3v) is 4.17. The number of nitrogens with two attached hydrogens (primary N) is 1. The lowest BCUT2D eigenvalue weighted by molar-refractivity contribution is 0.572. The molecule has 2 rings (SSSR count). The van der Waals surface area contributed by atoms with E-state index in [-0.39, 0.29) is 10.8 Å². The van der Waals surface area contributed by atoms with Crippen molar-refractivity contribution in [2.24, 2.45) is 0 Å². The Kier molecular flexibility index (Phi) is 2.99. The molecule has 2 aromatic rings. The van der Waals surface area contributed by atoms with Crippen LogP contribution in [0.15, 0.2) is 34.7 Å². The van der Waals surface area contributed by atoms with Crippen LogP contribution in [0.1, 0.15) is 0 Å². The third kappa shape index (κ3) is 2.37. The lowest BCUT2D eigenvalue weighted by Crippen LogP contribution is -2.16. The van der Waals surface area contributed by atoms with E-state index in [0.29, 0.717) is 0 Å². The first-order chi connectivity index (χ1) is 8.00. The van der Waals surface area contributed by atoms with Crippen LogP contribution in [0, 0.1) is 5.82 Å². The van der Waals surface area contributed by atoms with Gasteiger partial charge in [-0.1, -0.05) is 6.07 Å². The molecule has 0 saturated heterocycles. The van der Waals surface area contributed by atoms with Crippen molar-refractivity contribution < 1.29 is 12.8 Å². The molecule has 0 aliphatic carbocycles. The van der Waals surface area contributed by atoms with Crippen LogP contribution in [0.2, 0.25) is 0 Å². The molecule has 0 aliphatic rings. The number of thiazole rings is 1. The number of nitrogens with one attached hydrogen (secondary N) is 1. The normalized spacial score (nSPS) is 11.4. The van der Waals surface area contributed by atoms with Gasteiger partial charge in [0.25, 0.3) is 10.0 Å². The van der Waals surface area contributed by atoms with Crippen molar-refractivity contribution in [3.63, 3.8) is 0 Å². The molecule has 5 nitrogen and oxygen atoms in total. The fraction of sp³-hybridized carbons (Fsp3) is 0. The summed E-state index contributed by atoms with van der Waals surface area (Å²) in [4.78, 5) is 3.19. The van der Waals surface area contributed by atoms with Crippen molar-refractivity contribution >= 4 is 32.2 Å². The zero-order valence-corrected chi connectivity index (χ0v) is 10.1. The number of nitrogen functional groups attached to an aromatic ring is 1. The maximum atomic E-state index is 13.5. The second-order valence-electron chi connectivity index (χ2n) is 3.10.